The highest BCUT2D eigenvalue weighted by Gasteiger charge is 2.24. The molecule has 1 aromatic heterocycles. The van der Waals surface area contributed by atoms with Gasteiger partial charge in [0.15, 0.2) is 0 Å². The van der Waals surface area contributed by atoms with Crippen LogP contribution in [0.25, 0.3) is 16.5 Å². The van der Waals surface area contributed by atoms with Crippen molar-refractivity contribution in [1.29, 1.82) is 0 Å². The van der Waals surface area contributed by atoms with Gasteiger partial charge in [0.05, 0.1) is 7.11 Å². The Balaban J connectivity index is 2.29. The van der Waals surface area contributed by atoms with Crippen molar-refractivity contribution in [2.24, 2.45) is 0 Å². The summed E-state index contributed by atoms with van der Waals surface area (Å²) >= 11 is 0. The normalized spacial score (nSPS) is 19.7. The van der Waals surface area contributed by atoms with Gasteiger partial charge >= 0.3 is 0 Å². The number of hydrogen-bond acceptors (Lipinski definition) is 2. The molecule has 2 heteroatoms. The first-order valence-corrected chi connectivity index (χ1v) is 6.49. The molecule has 2 aromatic rings. The van der Waals surface area contributed by atoms with E-state index in [9.17, 15) is 0 Å². The van der Waals surface area contributed by atoms with Gasteiger partial charge in [0.1, 0.15) is 17.1 Å². The van der Waals surface area contributed by atoms with E-state index in [0.717, 1.165) is 28.9 Å². The Morgan fingerprint density at radius 2 is 2.22 bits per heavy atom. The molecular formula is C16H18O2. The first-order valence-electron chi connectivity index (χ1n) is 6.49. The monoisotopic (exact) mass is 242 g/mol. The molecule has 0 amide bonds. The summed E-state index contributed by atoms with van der Waals surface area (Å²) in [5, 5.41) is 1.14. The van der Waals surface area contributed by atoms with Gasteiger partial charge in [-0.25, -0.2) is 0 Å². The van der Waals surface area contributed by atoms with Gasteiger partial charge in [-0.2, -0.15) is 0 Å². The van der Waals surface area contributed by atoms with Crippen LogP contribution in [-0.4, -0.2) is 7.11 Å². The Morgan fingerprint density at radius 3 is 3.00 bits per heavy atom. The molecule has 1 atom stereocenters. The van der Waals surface area contributed by atoms with E-state index in [0.29, 0.717) is 5.92 Å². The summed E-state index contributed by atoms with van der Waals surface area (Å²) in [7, 11) is 1.69. The SMILES string of the molecule is C=C1CCC[C@@H](C)c2oc3ccc(OC)cc3c21. The summed E-state index contributed by atoms with van der Waals surface area (Å²) in [5.74, 6) is 2.44. The van der Waals surface area contributed by atoms with E-state index in [1.54, 1.807) is 7.11 Å². The molecule has 1 aromatic carbocycles. The number of methoxy groups -OCH3 is 1. The van der Waals surface area contributed by atoms with E-state index in [1.807, 2.05) is 12.1 Å². The van der Waals surface area contributed by atoms with Gasteiger partial charge < -0.3 is 9.15 Å². The first kappa shape index (κ1) is 11.4. The van der Waals surface area contributed by atoms with E-state index in [4.69, 9.17) is 9.15 Å². The lowest BCUT2D eigenvalue weighted by molar-refractivity contribution is 0.415. The Hall–Kier alpha value is -1.70. The third-order valence-corrected chi connectivity index (χ3v) is 3.84. The number of furan rings is 1. The smallest absolute Gasteiger partial charge is 0.135 e. The number of ether oxygens (including phenoxy) is 1. The summed E-state index contributed by atoms with van der Waals surface area (Å²) in [5.41, 5.74) is 3.35. The lowest BCUT2D eigenvalue weighted by atomic mass is 9.99. The van der Waals surface area contributed by atoms with E-state index in [-0.39, 0.29) is 0 Å². The van der Waals surface area contributed by atoms with Gasteiger partial charge in [-0.1, -0.05) is 13.5 Å². The predicted octanol–water partition coefficient (Wildman–Crippen LogP) is 4.74. The van der Waals surface area contributed by atoms with Crippen molar-refractivity contribution < 1.29 is 9.15 Å². The maximum Gasteiger partial charge on any atom is 0.135 e. The molecule has 1 heterocycles. The summed E-state index contributed by atoms with van der Waals surface area (Å²) in [6.45, 7) is 6.46. The lowest BCUT2D eigenvalue weighted by Gasteiger charge is -2.05. The standard InChI is InChI=1S/C16H18O2/c1-10-5-4-6-11(2)16-15(10)13-9-12(17-3)7-8-14(13)18-16/h7-9,11H,1,4-6H2,2-3H3/t11-/m1/s1. The molecular weight excluding hydrogens is 224 g/mol. The first-order chi connectivity index (χ1) is 8.70. The second-order valence-electron chi connectivity index (χ2n) is 5.10. The van der Waals surface area contributed by atoms with Crippen molar-refractivity contribution in [3.63, 3.8) is 0 Å². The van der Waals surface area contributed by atoms with Crippen LogP contribution in [-0.2, 0) is 0 Å². The molecule has 0 unspecified atom stereocenters. The fraction of sp³-hybridized carbons (Fsp3) is 0.375. The zero-order chi connectivity index (χ0) is 12.7. The van der Waals surface area contributed by atoms with E-state index in [2.05, 4.69) is 19.6 Å². The molecule has 18 heavy (non-hydrogen) atoms. The minimum absolute atomic E-state index is 0.470. The number of fused-ring (bicyclic) bond motifs is 3. The molecule has 0 saturated carbocycles. The fourth-order valence-corrected chi connectivity index (χ4v) is 2.81. The highest BCUT2D eigenvalue weighted by Crippen LogP contribution is 2.42. The summed E-state index contributed by atoms with van der Waals surface area (Å²) in [6.07, 6.45) is 3.42. The zero-order valence-electron chi connectivity index (χ0n) is 11.0. The van der Waals surface area contributed by atoms with Crippen LogP contribution in [0.3, 0.4) is 0 Å². The van der Waals surface area contributed by atoms with Crippen LogP contribution in [0, 0.1) is 0 Å². The molecule has 1 aliphatic carbocycles. The largest absolute Gasteiger partial charge is 0.497 e. The fourth-order valence-electron chi connectivity index (χ4n) is 2.81. The molecule has 0 aliphatic heterocycles. The molecule has 94 valence electrons. The van der Waals surface area contributed by atoms with Crippen molar-refractivity contribution in [1.82, 2.24) is 0 Å². The van der Waals surface area contributed by atoms with Crippen LogP contribution >= 0.6 is 0 Å². The topological polar surface area (TPSA) is 22.4 Å². The second kappa shape index (κ2) is 4.20. The molecule has 2 nitrogen and oxygen atoms in total. The number of allylic oxidation sites excluding steroid dienone is 1. The molecule has 0 radical (unpaired) electrons. The zero-order valence-corrected chi connectivity index (χ0v) is 11.0. The minimum Gasteiger partial charge on any atom is -0.497 e. The Morgan fingerprint density at radius 1 is 1.39 bits per heavy atom. The maximum atomic E-state index is 6.04. The average molecular weight is 242 g/mol. The van der Waals surface area contributed by atoms with E-state index in [1.165, 1.54) is 24.0 Å². The van der Waals surface area contributed by atoms with Crippen molar-refractivity contribution in [2.45, 2.75) is 32.1 Å². The number of rotatable bonds is 1. The lowest BCUT2D eigenvalue weighted by Crippen LogP contribution is -1.90. The predicted molar refractivity (Wildman–Crippen MR) is 74.1 cm³/mol. The van der Waals surface area contributed by atoms with Gasteiger partial charge in [-0.15, -0.1) is 0 Å². The van der Waals surface area contributed by atoms with Gasteiger partial charge in [-0.3, -0.25) is 0 Å². The number of benzene rings is 1. The maximum absolute atomic E-state index is 6.04. The van der Waals surface area contributed by atoms with Gasteiger partial charge in [0.2, 0.25) is 0 Å². The van der Waals surface area contributed by atoms with Crippen molar-refractivity contribution >= 4 is 16.5 Å². The van der Waals surface area contributed by atoms with Crippen LogP contribution in [0.15, 0.2) is 29.2 Å². The third kappa shape index (κ3) is 1.64. The van der Waals surface area contributed by atoms with Crippen molar-refractivity contribution in [3.05, 3.63) is 36.1 Å². The second-order valence-corrected chi connectivity index (χ2v) is 5.10. The Bertz CT molecular complexity index is 607. The number of hydrogen-bond donors (Lipinski definition) is 0. The molecule has 0 N–H and O–H groups in total. The highest BCUT2D eigenvalue weighted by molar-refractivity contribution is 5.93. The van der Waals surface area contributed by atoms with Crippen LogP contribution < -0.4 is 4.74 Å². The van der Waals surface area contributed by atoms with Gasteiger partial charge in [0.25, 0.3) is 0 Å². The molecule has 0 fully saturated rings. The van der Waals surface area contributed by atoms with Crippen LogP contribution in [0.5, 0.6) is 5.75 Å². The van der Waals surface area contributed by atoms with Crippen molar-refractivity contribution in [2.75, 3.05) is 7.11 Å². The third-order valence-electron chi connectivity index (χ3n) is 3.84. The van der Waals surface area contributed by atoms with Crippen LogP contribution in [0.4, 0.5) is 0 Å². The summed E-state index contributed by atoms with van der Waals surface area (Å²) in [6, 6.07) is 5.99. The van der Waals surface area contributed by atoms with E-state index >= 15 is 0 Å². The molecule has 0 bridgehead atoms. The van der Waals surface area contributed by atoms with Crippen molar-refractivity contribution in [3.8, 4) is 5.75 Å². The quantitative estimate of drug-likeness (QED) is 0.674. The van der Waals surface area contributed by atoms with Gasteiger partial charge in [0, 0.05) is 16.9 Å². The average Bonchev–Trinajstić information content (AvgIpc) is 2.70. The highest BCUT2D eigenvalue weighted by atomic mass is 16.5. The summed E-state index contributed by atoms with van der Waals surface area (Å²) in [4.78, 5) is 0. The molecule has 0 spiro atoms. The van der Waals surface area contributed by atoms with Crippen LogP contribution in [0.1, 0.15) is 43.4 Å². The molecule has 0 saturated heterocycles. The Labute approximate surface area is 107 Å². The van der Waals surface area contributed by atoms with Gasteiger partial charge in [-0.05, 0) is 43.0 Å². The minimum atomic E-state index is 0.470. The van der Waals surface area contributed by atoms with Crippen LogP contribution in [0.2, 0.25) is 0 Å². The molecule has 1 aliphatic rings. The van der Waals surface area contributed by atoms with E-state index < -0.39 is 0 Å². The summed E-state index contributed by atoms with van der Waals surface area (Å²) < 4.78 is 11.3. The Kier molecular flexibility index (Phi) is 2.66. The molecule has 3 rings (SSSR count).